The van der Waals surface area contributed by atoms with Gasteiger partial charge in [0.25, 0.3) is 11.8 Å². The van der Waals surface area contributed by atoms with Crippen LogP contribution < -0.4 is 5.32 Å². The highest BCUT2D eigenvalue weighted by Gasteiger charge is 2.23. The molecule has 3 aromatic carbocycles. The first kappa shape index (κ1) is 18.6. The van der Waals surface area contributed by atoms with Crippen LogP contribution in [-0.4, -0.2) is 23.3 Å². The predicted octanol–water partition coefficient (Wildman–Crippen LogP) is 5.35. The number of anilines is 1. The topological polar surface area (TPSA) is 49.4 Å². The van der Waals surface area contributed by atoms with E-state index in [0.29, 0.717) is 18.7 Å². The van der Waals surface area contributed by atoms with Gasteiger partial charge in [0, 0.05) is 24.3 Å². The standard InChI is InChI=1S/C25H20N2O2S/c28-24(22-8-3-6-18-5-1-2-7-21(18)22)26-20-11-10-17-12-13-27(16-19(17)15-20)25(29)23-9-4-14-30-23/h1-11,14-15H,12-13,16H2,(H,26,28). The lowest BCUT2D eigenvalue weighted by atomic mass is 9.98. The second-order valence-electron chi connectivity index (χ2n) is 7.42. The zero-order valence-electron chi connectivity index (χ0n) is 16.3. The number of carbonyl (C=O) groups is 2. The second-order valence-corrected chi connectivity index (χ2v) is 8.37. The van der Waals surface area contributed by atoms with Crippen LogP contribution >= 0.6 is 11.3 Å². The van der Waals surface area contributed by atoms with Crippen molar-refractivity contribution in [3.8, 4) is 0 Å². The fraction of sp³-hybridized carbons (Fsp3) is 0.120. The van der Waals surface area contributed by atoms with Gasteiger partial charge in [0.05, 0.1) is 4.88 Å². The Morgan fingerprint density at radius 1 is 0.900 bits per heavy atom. The van der Waals surface area contributed by atoms with Crippen molar-refractivity contribution in [3.05, 3.63) is 99.7 Å². The summed E-state index contributed by atoms with van der Waals surface area (Å²) in [5.41, 5.74) is 3.72. The summed E-state index contributed by atoms with van der Waals surface area (Å²) in [5.74, 6) is -0.0603. The van der Waals surface area contributed by atoms with E-state index >= 15 is 0 Å². The zero-order chi connectivity index (χ0) is 20.5. The van der Waals surface area contributed by atoms with Crippen LogP contribution in [0.5, 0.6) is 0 Å². The Bertz CT molecular complexity index is 1240. The molecule has 0 aliphatic carbocycles. The SMILES string of the molecule is O=C(Nc1ccc2c(c1)CN(C(=O)c1cccs1)CC2)c1cccc2ccccc12. The molecule has 4 aromatic rings. The summed E-state index contributed by atoms with van der Waals surface area (Å²) in [6, 6.07) is 23.4. The van der Waals surface area contributed by atoms with Crippen LogP contribution in [0.2, 0.25) is 0 Å². The first-order chi connectivity index (χ1) is 14.7. The highest BCUT2D eigenvalue weighted by Crippen LogP contribution is 2.26. The second kappa shape index (κ2) is 7.76. The Morgan fingerprint density at radius 3 is 2.63 bits per heavy atom. The summed E-state index contributed by atoms with van der Waals surface area (Å²) in [5, 5.41) is 6.93. The molecule has 148 valence electrons. The summed E-state index contributed by atoms with van der Waals surface area (Å²) in [7, 11) is 0. The van der Waals surface area contributed by atoms with Crippen LogP contribution in [-0.2, 0) is 13.0 Å². The Labute approximate surface area is 178 Å². The van der Waals surface area contributed by atoms with Gasteiger partial charge in [0.15, 0.2) is 0 Å². The van der Waals surface area contributed by atoms with E-state index < -0.39 is 0 Å². The van der Waals surface area contributed by atoms with E-state index in [2.05, 4.69) is 11.4 Å². The number of thiophene rings is 1. The summed E-state index contributed by atoms with van der Waals surface area (Å²) < 4.78 is 0. The number of fused-ring (bicyclic) bond motifs is 2. The molecule has 0 atom stereocenters. The minimum absolute atomic E-state index is 0.0702. The van der Waals surface area contributed by atoms with Gasteiger partial charge in [-0.2, -0.15) is 0 Å². The predicted molar refractivity (Wildman–Crippen MR) is 121 cm³/mol. The van der Waals surface area contributed by atoms with Gasteiger partial charge >= 0.3 is 0 Å². The van der Waals surface area contributed by atoms with E-state index in [-0.39, 0.29) is 11.8 Å². The maximum Gasteiger partial charge on any atom is 0.264 e. The fourth-order valence-electron chi connectivity index (χ4n) is 3.99. The van der Waals surface area contributed by atoms with Crippen molar-refractivity contribution < 1.29 is 9.59 Å². The molecule has 0 saturated heterocycles. The van der Waals surface area contributed by atoms with Crippen molar-refractivity contribution in [2.45, 2.75) is 13.0 Å². The Balaban J connectivity index is 1.37. The molecule has 1 aromatic heterocycles. The molecular formula is C25H20N2O2S. The third-order valence-corrected chi connectivity index (χ3v) is 6.39. The summed E-state index contributed by atoms with van der Waals surface area (Å²) in [4.78, 5) is 28.3. The van der Waals surface area contributed by atoms with E-state index in [1.807, 2.05) is 77.0 Å². The van der Waals surface area contributed by atoms with Crippen LogP contribution in [0.4, 0.5) is 5.69 Å². The van der Waals surface area contributed by atoms with Crippen LogP contribution in [0.3, 0.4) is 0 Å². The smallest absolute Gasteiger partial charge is 0.264 e. The van der Waals surface area contributed by atoms with Crippen LogP contribution in [0.15, 0.2) is 78.2 Å². The third kappa shape index (κ3) is 3.48. The van der Waals surface area contributed by atoms with Gasteiger partial charge in [-0.1, -0.05) is 48.5 Å². The molecular weight excluding hydrogens is 392 g/mol. The molecule has 2 heterocycles. The van der Waals surface area contributed by atoms with Gasteiger partial charge in [0.2, 0.25) is 0 Å². The van der Waals surface area contributed by atoms with Crippen molar-refractivity contribution in [2.75, 3.05) is 11.9 Å². The molecule has 0 saturated carbocycles. The van der Waals surface area contributed by atoms with Crippen LogP contribution in [0.25, 0.3) is 10.8 Å². The molecule has 1 aliphatic rings. The summed E-state index contributed by atoms with van der Waals surface area (Å²) >= 11 is 1.47. The van der Waals surface area contributed by atoms with Gasteiger partial charge in [-0.15, -0.1) is 11.3 Å². The Hall–Kier alpha value is -3.44. The number of rotatable bonds is 3. The molecule has 0 bridgehead atoms. The number of nitrogens with one attached hydrogen (secondary N) is 1. The molecule has 4 nitrogen and oxygen atoms in total. The first-order valence-corrected chi connectivity index (χ1v) is 10.8. The summed E-state index contributed by atoms with van der Waals surface area (Å²) in [6.45, 7) is 1.27. The van der Waals surface area contributed by atoms with Crippen molar-refractivity contribution >= 4 is 39.6 Å². The quantitative estimate of drug-likeness (QED) is 0.493. The largest absolute Gasteiger partial charge is 0.333 e. The number of hydrogen-bond acceptors (Lipinski definition) is 3. The van der Waals surface area contributed by atoms with E-state index in [9.17, 15) is 9.59 Å². The minimum atomic E-state index is -0.130. The van der Waals surface area contributed by atoms with Crippen molar-refractivity contribution in [3.63, 3.8) is 0 Å². The molecule has 1 N–H and O–H groups in total. The normalized spacial score (nSPS) is 13.1. The lowest BCUT2D eigenvalue weighted by molar-refractivity contribution is 0.0739. The average molecular weight is 413 g/mol. The fourth-order valence-corrected chi connectivity index (χ4v) is 4.68. The van der Waals surface area contributed by atoms with Crippen LogP contribution in [0.1, 0.15) is 31.2 Å². The summed E-state index contributed by atoms with van der Waals surface area (Å²) in [6.07, 6.45) is 0.823. The first-order valence-electron chi connectivity index (χ1n) is 9.93. The molecule has 0 spiro atoms. The molecule has 30 heavy (non-hydrogen) atoms. The van der Waals surface area contributed by atoms with Crippen LogP contribution in [0, 0.1) is 0 Å². The molecule has 1 aliphatic heterocycles. The molecule has 0 fully saturated rings. The van der Waals surface area contributed by atoms with Gasteiger partial charge in [-0.3, -0.25) is 9.59 Å². The molecule has 5 rings (SSSR count). The number of hydrogen-bond donors (Lipinski definition) is 1. The highest BCUT2D eigenvalue weighted by molar-refractivity contribution is 7.12. The van der Waals surface area contributed by atoms with Gasteiger partial charge in [-0.25, -0.2) is 0 Å². The van der Waals surface area contributed by atoms with Crippen molar-refractivity contribution in [2.24, 2.45) is 0 Å². The van der Waals surface area contributed by atoms with Gasteiger partial charge in [-0.05, 0) is 58.0 Å². The maximum absolute atomic E-state index is 12.9. The van der Waals surface area contributed by atoms with E-state index in [1.54, 1.807) is 0 Å². The molecule has 5 heteroatoms. The average Bonchev–Trinajstić information content (AvgIpc) is 3.32. The number of carbonyl (C=O) groups excluding carboxylic acids is 2. The third-order valence-electron chi connectivity index (χ3n) is 5.53. The van der Waals surface area contributed by atoms with E-state index in [4.69, 9.17) is 0 Å². The number of benzene rings is 3. The number of amides is 2. The highest BCUT2D eigenvalue weighted by atomic mass is 32.1. The monoisotopic (exact) mass is 412 g/mol. The maximum atomic E-state index is 12.9. The lowest BCUT2D eigenvalue weighted by Gasteiger charge is -2.29. The molecule has 2 amide bonds. The lowest BCUT2D eigenvalue weighted by Crippen LogP contribution is -2.35. The van der Waals surface area contributed by atoms with Crippen molar-refractivity contribution in [1.82, 2.24) is 4.90 Å². The molecule has 0 radical (unpaired) electrons. The molecule has 0 unspecified atom stereocenters. The zero-order valence-corrected chi connectivity index (χ0v) is 17.1. The van der Waals surface area contributed by atoms with Crippen molar-refractivity contribution in [1.29, 1.82) is 0 Å². The number of nitrogens with zero attached hydrogens (tertiary/aromatic N) is 1. The Morgan fingerprint density at radius 2 is 1.77 bits per heavy atom. The van der Waals surface area contributed by atoms with Gasteiger partial charge in [0.1, 0.15) is 0 Å². The Kier molecular flexibility index (Phi) is 4.81. The van der Waals surface area contributed by atoms with E-state index in [0.717, 1.165) is 33.3 Å². The minimum Gasteiger partial charge on any atom is -0.333 e. The van der Waals surface area contributed by atoms with E-state index in [1.165, 1.54) is 16.9 Å². The van der Waals surface area contributed by atoms with Gasteiger partial charge < -0.3 is 10.2 Å².